The fraction of sp³-hybridized carbons (Fsp3) is 0.346. The van der Waals surface area contributed by atoms with Crippen molar-refractivity contribution >= 4 is 18.0 Å². The maximum absolute atomic E-state index is 12.6. The lowest BCUT2D eigenvalue weighted by atomic mass is 9.98. The second kappa shape index (κ2) is 12.0. The third kappa shape index (κ3) is 6.02. The molecular weight excluding hydrogens is 436 g/mol. The molecule has 3 rings (SSSR count). The van der Waals surface area contributed by atoms with E-state index in [0.29, 0.717) is 12.8 Å². The number of carboxylic acids is 1. The highest BCUT2D eigenvalue weighted by molar-refractivity contribution is 5.85. The Hall–Kier alpha value is -3.65. The third-order valence-corrected chi connectivity index (χ3v) is 5.88. The first-order chi connectivity index (χ1) is 16.5. The number of fused-ring (bicyclic) bond motifs is 3. The number of alkyl carbamates (subject to hydrolysis) is 1. The summed E-state index contributed by atoms with van der Waals surface area (Å²) in [5, 5.41) is 14.3. The highest BCUT2D eigenvalue weighted by atomic mass is 16.5. The van der Waals surface area contributed by atoms with Gasteiger partial charge in [-0.2, -0.15) is 0 Å². The molecule has 1 aliphatic carbocycles. The van der Waals surface area contributed by atoms with Gasteiger partial charge in [-0.3, -0.25) is 4.79 Å². The molecule has 0 spiro atoms. The maximum atomic E-state index is 12.6. The largest absolute Gasteiger partial charge is 0.479 e. The van der Waals surface area contributed by atoms with Gasteiger partial charge in [0.15, 0.2) is 6.10 Å². The van der Waals surface area contributed by atoms with Crippen LogP contribution in [0.1, 0.15) is 36.3 Å². The summed E-state index contributed by atoms with van der Waals surface area (Å²) >= 11 is 0. The van der Waals surface area contributed by atoms with E-state index in [2.05, 4.69) is 29.3 Å². The number of carbonyl (C=O) groups excluding carboxylic acids is 2. The van der Waals surface area contributed by atoms with Crippen molar-refractivity contribution in [1.29, 1.82) is 0 Å². The number of amides is 2. The van der Waals surface area contributed by atoms with Crippen molar-refractivity contribution in [1.82, 2.24) is 10.6 Å². The first kappa shape index (κ1) is 25.0. The predicted octanol–water partition coefficient (Wildman–Crippen LogP) is 3.47. The van der Waals surface area contributed by atoms with Gasteiger partial charge in [-0.15, -0.1) is 6.58 Å². The molecule has 0 aromatic heterocycles. The summed E-state index contributed by atoms with van der Waals surface area (Å²) < 4.78 is 10.4. The van der Waals surface area contributed by atoms with Crippen LogP contribution in [-0.4, -0.2) is 55.5 Å². The van der Waals surface area contributed by atoms with Crippen molar-refractivity contribution in [3.8, 4) is 11.1 Å². The summed E-state index contributed by atoms with van der Waals surface area (Å²) in [6.07, 6.45) is 0.916. The number of aliphatic carboxylic acids is 1. The second-order valence-corrected chi connectivity index (χ2v) is 8.03. The molecule has 2 atom stereocenters. The van der Waals surface area contributed by atoms with Gasteiger partial charge in [-0.1, -0.05) is 54.6 Å². The Morgan fingerprint density at radius 3 is 2.24 bits per heavy atom. The lowest BCUT2D eigenvalue weighted by molar-refractivity contribution is -0.149. The second-order valence-electron chi connectivity index (χ2n) is 8.03. The number of hydrogen-bond donors (Lipinski definition) is 3. The van der Waals surface area contributed by atoms with E-state index in [1.807, 2.05) is 36.4 Å². The number of methoxy groups -OCH3 is 1. The third-order valence-electron chi connectivity index (χ3n) is 5.88. The fourth-order valence-corrected chi connectivity index (χ4v) is 4.13. The Kier molecular flexibility index (Phi) is 8.81. The van der Waals surface area contributed by atoms with E-state index in [4.69, 9.17) is 14.6 Å². The van der Waals surface area contributed by atoms with Crippen molar-refractivity contribution in [2.45, 2.75) is 37.3 Å². The van der Waals surface area contributed by atoms with Crippen molar-refractivity contribution in [3.63, 3.8) is 0 Å². The Morgan fingerprint density at radius 1 is 1.06 bits per heavy atom. The van der Waals surface area contributed by atoms with Crippen LogP contribution in [0, 0.1) is 0 Å². The molecule has 0 heterocycles. The summed E-state index contributed by atoms with van der Waals surface area (Å²) in [7, 11) is 1.30. The van der Waals surface area contributed by atoms with Crippen molar-refractivity contribution in [2.75, 3.05) is 20.3 Å². The molecule has 8 heteroatoms. The molecule has 34 heavy (non-hydrogen) atoms. The summed E-state index contributed by atoms with van der Waals surface area (Å²) in [4.78, 5) is 36.2. The number of carboxylic acid groups (broad SMARTS) is 1. The molecular formula is C26H30N2O6. The van der Waals surface area contributed by atoms with Gasteiger partial charge in [-0.25, -0.2) is 9.59 Å². The topological polar surface area (TPSA) is 114 Å². The predicted molar refractivity (Wildman–Crippen MR) is 127 cm³/mol. The van der Waals surface area contributed by atoms with E-state index >= 15 is 0 Å². The lowest BCUT2D eigenvalue weighted by Crippen LogP contribution is -2.47. The minimum atomic E-state index is -1.10. The van der Waals surface area contributed by atoms with Gasteiger partial charge in [0.25, 0.3) is 0 Å². The summed E-state index contributed by atoms with van der Waals surface area (Å²) in [6, 6.07) is 15.2. The number of hydrogen-bond acceptors (Lipinski definition) is 5. The molecule has 1 aliphatic rings. The van der Waals surface area contributed by atoms with Crippen molar-refractivity contribution < 1.29 is 29.0 Å². The average molecular weight is 467 g/mol. The van der Waals surface area contributed by atoms with Gasteiger partial charge in [0, 0.05) is 26.0 Å². The summed E-state index contributed by atoms with van der Waals surface area (Å²) in [5.74, 6) is -1.60. The molecule has 0 bridgehead atoms. The Bertz CT molecular complexity index is 992. The van der Waals surface area contributed by atoms with Crippen LogP contribution in [-0.2, 0) is 19.1 Å². The minimum absolute atomic E-state index is 0.0828. The Morgan fingerprint density at radius 2 is 1.68 bits per heavy atom. The molecule has 8 nitrogen and oxygen atoms in total. The molecule has 0 fully saturated rings. The zero-order valence-electron chi connectivity index (χ0n) is 19.2. The van der Waals surface area contributed by atoms with E-state index in [0.717, 1.165) is 22.3 Å². The highest BCUT2D eigenvalue weighted by Gasteiger charge is 2.29. The van der Waals surface area contributed by atoms with Gasteiger partial charge in [0.1, 0.15) is 12.6 Å². The van der Waals surface area contributed by atoms with E-state index in [1.54, 1.807) is 6.08 Å². The van der Waals surface area contributed by atoms with E-state index < -0.39 is 30.1 Å². The van der Waals surface area contributed by atoms with Gasteiger partial charge < -0.3 is 25.2 Å². The molecule has 3 N–H and O–H groups in total. The molecule has 2 amide bonds. The number of carbonyl (C=O) groups is 3. The number of nitrogens with one attached hydrogen (secondary N) is 2. The van der Waals surface area contributed by atoms with E-state index in [1.165, 1.54) is 7.11 Å². The summed E-state index contributed by atoms with van der Waals surface area (Å²) in [5.41, 5.74) is 4.46. The molecule has 2 aromatic carbocycles. The molecule has 0 saturated carbocycles. The van der Waals surface area contributed by atoms with E-state index in [-0.39, 0.29) is 25.5 Å². The van der Waals surface area contributed by atoms with Crippen molar-refractivity contribution in [2.24, 2.45) is 0 Å². The van der Waals surface area contributed by atoms with Crippen LogP contribution in [0.25, 0.3) is 11.1 Å². The normalized spacial score (nSPS) is 13.8. The Balaban J connectivity index is 1.58. The van der Waals surface area contributed by atoms with Crippen LogP contribution >= 0.6 is 0 Å². The van der Waals surface area contributed by atoms with Crippen LogP contribution < -0.4 is 10.6 Å². The minimum Gasteiger partial charge on any atom is -0.479 e. The zero-order valence-corrected chi connectivity index (χ0v) is 19.2. The first-order valence-electron chi connectivity index (χ1n) is 11.2. The molecule has 0 radical (unpaired) electrons. The summed E-state index contributed by atoms with van der Waals surface area (Å²) in [6.45, 7) is 3.90. The number of ether oxygens (including phenoxy) is 2. The van der Waals surface area contributed by atoms with Crippen LogP contribution in [0.2, 0.25) is 0 Å². The molecule has 180 valence electrons. The molecule has 0 aliphatic heterocycles. The number of allylic oxidation sites excluding steroid dienone is 1. The average Bonchev–Trinajstić information content (AvgIpc) is 3.16. The molecule has 2 unspecified atom stereocenters. The number of benzene rings is 2. The van der Waals surface area contributed by atoms with Gasteiger partial charge >= 0.3 is 12.1 Å². The number of rotatable bonds is 12. The van der Waals surface area contributed by atoms with Gasteiger partial charge in [0.2, 0.25) is 5.91 Å². The van der Waals surface area contributed by atoms with Crippen LogP contribution in [0.15, 0.2) is 61.2 Å². The molecule has 2 aromatic rings. The highest BCUT2D eigenvalue weighted by Crippen LogP contribution is 2.44. The smallest absolute Gasteiger partial charge is 0.407 e. The lowest BCUT2D eigenvalue weighted by Gasteiger charge is -2.20. The fourth-order valence-electron chi connectivity index (χ4n) is 4.13. The standard InChI is InChI=1S/C26H30N2O6/c1-3-4-13-22(24(29)27-15-14-23(33-2)25(30)31)28-26(32)34-16-21-19-11-7-5-9-17(19)18-10-6-8-12-20(18)21/h3,5-12,21-23H,1,4,13-16H2,2H3,(H,27,29)(H,28,32)(H,30,31). The van der Waals surface area contributed by atoms with Crippen LogP contribution in [0.5, 0.6) is 0 Å². The first-order valence-corrected chi connectivity index (χ1v) is 11.2. The molecule has 0 saturated heterocycles. The zero-order chi connectivity index (χ0) is 24.5. The van der Waals surface area contributed by atoms with Crippen molar-refractivity contribution in [3.05, 3.63) is 72.3 Å². The van der Waals surface area contributed by atoms with Gasteiger partial charge in [-0.05, 0) is 35.1 Å². The van der Waals surface area contributed by atoms with Crippen LogP contribution in [0.4, 0.5) is 4.79 Å². The van der Waals surface area contributed by atoms with E-state index in [9.17, 15) is 14.4 Å². The Labute approximate surface area is 199 Å². The SMILES string of the molecule is C=CCCC(NC(=O)OCC1c2ccccc2-c2ccccc21)C(=O)NCCC(OC)C(=O)O. The van der Waals surface area contributed by atoms with Gasteiger partial charge in [0.05, 0.1) is 0 Å². The monoisotopic (exact) mass is 466 g/mol. The van der Waals surface area contributed by atoms with Crippen LogP contribution in [0.3, 0.4) is 0 Å². The maximum Gasteiger partial charge on any atom is 0.407 e. The quantitative estimate of drug-likeness (QED) is 0.413.